The van der Waals surface area contributed by atoms with Gasteiger partial charge in [-0.3, -0.25) is 4.79 Å². The largest absolute Gasteiger partial charge is 0.386 e. The van der Waals surface area contributed by atoms with Crippen molar-refractivity contribution in [2.45, 2.75) is 0 Å². The van der Waals surface area contributed by atoms with Crippen LogP contribution in [0.1, 0.15) is 0 Å². The van der Waals surface area contributed by atoms with Crippen molar-refractivity contribution in [3.8, 4) is 0 Å². The third-order valence-electron chi connectivity index (χ3n) is 2.17. The minimum Gasteiger partial charge on any atom is -0.386 e. The number of nitrogens with one attached hydrogen (secondary N) is 1. The number of hydrogen-bond acceptors (Lipinski definition) is 2. The average Bonchev–Trinajstić information content (AvgIpc) is 2.30. The van der Waals surface area contributed by atoms with Crippen molar-refractivity contribution >= 4 is 33.9 Å². The maximum Gasteiger partial charge on any atom is 0.255 e. The van der Waals surface area contributed by atoms with E-state index in [0.29, 0.717) is 16.9 Å². The van der Waals surface area contributed by atoms with Gasteiger partial charge in [-0.2, -0.15) is 0 Å². The molecule has 0 radical (unpaired) electrons. The second kappa shape index (κ2) is 4.37. The summed E-state index contributed by atoms with van der Waals surface area (Å²) in [5.74, 6) is 0.497. The third kappa shape index (κ3) is 2.06. The molecule has 16 heavy (non-hydrogen) atoms. The summed E-state index contributed by atoms with van der Waals surface area (Å²) in [7, 11) is 0. The fourth-order valence-corrected chi connectivity index (χ4v) is 1.50. The number of pyridine rings is 1. The summed E-state index contributed by atoms with van der Waals surface area (Å²) >= 11 is 5.53. The molecule has 2 aromatic rings. The number of alkyl halides is 1. The van der Waals surface area contributed by atoms with Crippen LogP contribution in [0.15, 0.2) is 40.2 Å². The van der Waals surface area contributed by atoms with E-state index in [2.05, 4.69) is 9.98 Å². The summed E-state index contributed by atoms with van der Waals surface area (Å²) in [6, 6.07) is 7.13. The standard InChI is InChI=1S/C11H10ClN3O/c12-6-10(13)15-8-2-1-7-3-4-14-11(16)9(7)5-8/h1-5H,6H2,(H2,13,15)(H,14,16). The Morgan fingerprint density at radius 2 is 2.25 bits per heavy atom. The van der Waals surface area contributed by atoms with Crippen molar-refractivity contribution in [1.29, 1.82) is 0 Å². The van der Waals surface area contributed by atoms with Gasteiger partial charge in [0, 0.05) is 11.6 Å². The van der Waals surface area contributed by atoms with Gasteiger partial charge in [0.1, 0.15) is 5.84 Å². The lowest BCUT2D eigenvalue weighted by Gasteiger charge is -1.99. The second-order valence-electron chi connectivity index (χ2n) is 3.32. The Hall–Kier alpha value is -1.81. The Morgan fingerprint density at radius 3 is 3.00 bits per heavy atom. The van der Waals surface area contributed by atoms with Crippen molar-refractivity contribution in [3.63, 3.8) is 0 Å². The lowest BCUT2D eigenvalue weighted by atomic mass is 10.1. The van der Waals surface area contributed by atoms with Crippen molar-refractivity contribution in [3.05, 3.63) is 40.8 Å². The molecular formula is C11H10ClN3O. The van der Waals surface area contributed by atoms with E-state index in [1.807, 2.05) is 12.1 Å². The molecule has 1 aromatic heterocycles. The molecule has 0 amide bonds. The first-order valence-electron chi connectivity index (χ1n) is 4.71. The summed E-state index contributed by atoms with van der Waals surface area (Å²) in [6.07, 6.45) is 1.61. The van der Waals surface area contributed by atoms with Crippen molar-refractivity contribution in [1.82, 2.24) is 4.98 Å². The van der Waals surface area contributed by atoms with Gasteiger partial charge in [0.15, 0.2) is 0 Å². The first kappa shape index (κ1) is 10.7. The SMILES string of the molecule is NC(CCl)=Nc1ccc2cc[nH]c(=O)c2c1. The number of nitrogens with two attached hydrogens (primary N) is 1. The number of aromatic nitrogens is 1. The van der Waals surface area contributed by atoms with E-state index >= 15 is 0 Å². The molecule has 1 aromatic carbocycles. The number of nitrogens with zero attached hydrogens (tertiary/aromatic N) is 1. The number of halogens is 1. The molecule has 0 aliphatic rings. The van der Waals surface area contributed by atoms with Gasteiger partial charge in [0.25, 0.3) is 5.56 Å². The molecule has 2 rings (SSSR count). The molecule has 0 unspecified atom stereocenters. The van der Waals surface area contributed by atoms with Crippen LogP contribution in [-0.4, -0.2) is 16.7 Å². The Labute approximate surface area is 96.8 Å². The van der Waals surface area contributed by atoms with E-state index in [4.69, 9.17) is 17.3 Å². The van der Waals surface area contributed by atoms with E-state index in [1.165, 1.54) is 0 Å². The lowest BCUT2D eigenvalue weighted by molar-refractivity contribution is 1.28. The Kier molecular flexibility index (Phi) is 2.92. The number of aromatic amines is 1. The lowest BCUT2D eigenvalue weighted by Crippen LogP contribution is -2.12. The summed E-state index contributed by atoms with van der Waals surface area (Å²) in [5.41, 5.74) is 6.01. The molecule has 5 heteroatoms. The summed E-state index contributed by atoms with van der Waals surface area (Å²) in [4.78, 5) is 18.2. The molecule has 0 aliphatic heterocycles. The molecule has 0 saturated carbocycles. The zero-order valence-electron chi connectivity index (χ0n) is 8.40. The minimum absolute atomic E-state index is 0.140. The van der Waals surface area contributed by atoms with Crippen molar-refractivity contribution in [2.75, 3.05) is 5.88 Å². The number of fused-ring (bicyclic) bond motifs is 1. The maximum absolute atomic E-state index is 11.5. The number of rotatable bonds is 2. The first-order valence-corrected chi connectivity index (χ1v) is 5.24. The van der Waals surface area contributed by atoms with E-state index in [-0.39, 0.29) is 11.4 Å². The van der Waals surface area contributed by atoms with Crippen LogP contribution in [0.3, 0.4) is 0 Å². The molecule has 1 heterocycles. The van der Waals surface area contributed by atoms with Gasteiger partial charge in [-0.1, -0.05) is 6.07 Å². The zero-order valence-corrected chi connectivity index (χ0v) is 9.16. The average molecular weight is 236 g/mol. The van der Waals surface area contributed by atoms with Gasteiger partial charge < -0.3 is 10.7 Å². The molecule has 3 N–H and O–H groups in total. The van der Waals surface area contributed by atoms with Crippen LogP contribution in [0.4, 0.5) is 5.69 Å². The topological polar surface area (TPSA) is 71.2 Å². The molecule has 4 nitrogen and oxygen atoms in total. The highest BCUT2D eigenvalue weighted by Crippen LogP contribution is 2.18. The van der Waals surface area contributed by atoms with Crippen LogP contribution in [-0.2, 0) is 0 Å². The number of hydrogen-bond donors (Lipinski definition) is 2. The van der Waals surface area contributed by atoms with E-state index in [0.717, 1.165) is 5.39 Å². The normalized spacial score (nSPS) is 11.9. The number of benzene rings is 1. The highest BCUT2D eigenvalue weighted by Gasteiger charge is 1.99. The summed E-state index contributed by atoms with van der Waals surface area (Å²) < 4.78 is 0. The fraction of sp³-hybridized carbons (Fsp3) is 0.0909. The highest BCUT2D eigenvalue weighted by molar-refractivity contribution is 6.28. The van der Waals surface area contributed by atoms with Gasteiger partial charge in [-0.15, -0.1) is 11.6 Å². The van der Waals surface area contributed by atoms with Gasteiger partial charge in [0.05, 0.1) is 11.6 Å². The van der Waals surface area contributed by atoms with Crippen LogP contribution in [0.5, 0.6) is 0 Å². The van der Waals surface area contributed by atoms with Crippen LogP contribution in [0, 0.1) is 0 Å². The Bertz CT molecular complexity index is 603. The predicted molar refractivity (Wildman–Crippen MR) is 66.6 cm³/mol. The van der Waals surface area contributed by atoms with E-state index in [9.17, 15) is 4.79 Å². The summed E-state index contributed by atoms with van der Waals surface area (Å²) in [6.45, 7) is 0. The molecule has 0 spiro atoms. The maximum atomic E-state index is 11.5. The smallest absolute Gasteiger partial charge is 0.255 e. The van der Waals surface area contributed by atoms with Gasteiger partial charge >= 0.3 is 0 Å². The highest BCUT2D eigenvalue weighted by atomic mass is 35.5. The third-order valence-corrected chi connectivity index (χ3v) is 2.44. The van der Waals surface area contributed by atoms with Crippen LogP contribution in [0.25, 0.3) is 10.8 Å². The number of H-pyrrole nitrogens is 1. The van der Waals surface area contributed by atoms with Crippen molar-refractivity contribution in [2.24, 2.45) is 10.7 Å². The van der Waals surface area contributed by atoms with Crippen LogP contribution >= 0.6 is 11.6 Å². The minimum atomic E-state index is -0.140. The number of amidine groups is 1. The van der Waals surface area contributed by atoms with E-state index in [1.54, 1.807) is 18.3 Å². The van der Waals surface area contributed by atoms with Crippen molar-refractivity contribution < 1.29 is 0 Å². The molecule has 0 bridgehead atoms. The Morgan fingerprint density at radius 1 is 1.44 bits per heavy atom. The quantitative estimate of drug-likeness (QED) is 0.473. The molecule has 0 aliphatic carbocycles. The molecule has 82 valence electrons. The van der Waals surface area contributed by atoms with Crippen LogP contribution in [0.2, 0.25) is 0 Å². The Balaban J connectivity index is 2.60. The van der Waals surface area contributed by atoms with Gasteiger partial charge in [-0.25, -0.2) is 4.99 Å². The summed E-state index contributed by atoms with van der Waals surface area (Å²) in [5, 5.41) is 1.46. The van der Waals surface area contributed by atoms with Gasteiger partial charge in [0.2, 0.25) is 0 Å². The monoisotopic (exact) mass is 235 g/mol. The molecular weight excluding hydrogens is 226 g/mol. The van der Waals surface area contributed by atoms with Crippen LogP contribution < -0.4 is 11.3 Å². The molecule has 0 atom stereocenters. The zero-order chi connectivity index (χ0) is 11.5. The van der Waals surface area contributed by atoms with Gasteiger partial charge in [-0.05, 0) is 23.6 Å². The van der Waals surface area contributed by atoms with E-state index < -0.39 is 0 Å². The number of aliphatic imine (C=N–C) groups is 1. The molecule has 0 saturated heterocycles. The first-order chi connectivity index (χ1) is 7.70. The molecule has 0 fully saturated rings. The second-order valence-corrected chi connectivity index (χ2v) is 3.58. The fourth-order valence-electron chi connectivity index (χ4n) is 1.44. The predicted octanol–water partition coefficient (Wildman–Crippen LogP) is 1.76.